The van der Waals surface area contributed by atoms with Crippen molar-refractivity contribution >= 4 is 0 Å². The van der Waals surface area contributed by atoms with Crippen LogP contribution in [0.3, 0.4) is 0 Å². The first-order valence-corrected chi connectivity index (χ1v) is 7.20. The molecule has 0 radical (unpaired) electrons. The van der Waals surface area contributed by atoms with E-state index in [1.54, 1.807) is 0 Å². The van der Waals surface area contributed by atoms with Crippen molar-refractivity contribution in [2.45, 2.75) is 19.0 Å². The third-order valence-corrected chi connectivity index (χ3v) is 3.89. The van der Waals surface area contributed by atoms with Crippen LogP contribution >= 0.6 is 0 Å². The molecule has 1 N–H and O–H groups in total. The van der Waals surface area contributed by atoms with Crippen molar-refractivity contribution in [2.24, 2.45) is 0 Å². The van der Waals surface area contributed by atoms with Crippen molar-refractivity contribution < 1.29 is 0 Å². The van der Waals surface area contributed by atoms with Crippen LogP contribution in [0.5, 0.6) is 0 Å². The molecule has 1 aliphatic rings. The number of likely N-dealkylation sites (N-methyl/N-ethyl adjacent to an activating group) is 1. The highest BCUT2D eigenvalue weighted by atomic mass is 15.1. The molecule has 3 heteroatoms. The molecule has 0 saturated heterocycles. The Bertz CT molecular complexity index is 553. The van der Waals surface area contributed by atoms with Gasteiger partial charge in [-0.3, -0.25) is 9.88 Å². The molecule has 1 aromatic heterocycles. The predicted octanol–water partition coefficient (Wildman–Crippen LogP) is 2.40. The molecule has 1 aliphatic heterocycles. The molecule has 1 unspecified atom stereocenters. The molecular formula is C17H21N3. The van der Waals surface area contributed by atoms with Gasteiger partial charge in [0, 0.05) is 38.3 Å². The van der Waals surface area contributed by atoms with Crippen LogP contribution in [0, 0.1) is 0 Å². The Morgan fingerprint density at radius 3 is 2.90 bits per heavy atom. The maximum absolute atomic E-state index is 4.40. The highest BCUT2D eigenvalue weighted by Gasteiger charge is 2.20. The molecule has 1 atom stereocenters. The van der Waals surface area contributed by atoms with E-state index in [0.29, 0.717) is 5.92 Å². The fourth-order valence-corrected chi connectivity index (χ4v) is 2.96. The highest BCUT2D eigenvalue weighted by Crippen LogP contribution is 2.24. The van der Waals surface area contributed by atoms with Crippen LogP contribution in [0.4, 0.5) is 0 Å². The van der Waals surface area contributed by atoms with Gasteiger partial charge in [-0.15, -0.1) is 0 Å². The molecule has 0 aliphatic carbocycles. The van der Waals surface area contributed by atoms with Crippen LogP contribution < -0.4 is 5.32 Å². The summed E-state index contributed by atoms with van der Waals surface area (Å²) in [6, 6.07) is 14.9. The number of benzene rings is 1. The van der Waals surface area contributed by atoms with Crippen molar-refractivity contribution in [3.8, 4) is 0 Å². The van der Waals surface area contributed by atoms with E-state index >= 15 is 0 Å². The van der Waals surface area contributed by atoms with Gasteiger partial charge in [-0.05, 0) is 30.3 Å². The van der Waals surface area contributed by atoms with Crippen LogP contribution in [0.15, 0.2) is 48.7 Å². The van der Waals surface area contributed by atoms with E-state index in [2.05, 4.69) is 52.6 Å². The average molecular weight is 267 g/mol. The van der Waals surface area contributed by atoms with Crippen LogP contribution in [0.25, 0.3) is 0 Å². The number of rotatable bonds is 4. The smallest absolute Gasteiger partial charge is 0.0543 e. The summed E-state index contributed by atoms with van der Waals surface area (Å²) in [5, 5.41) is 3.52. The molecule has 2 aromatic rings. The predicted molar refractivity (Wildman–Crippen MR) is 81.5 cm³/mol. The summed E-state index contributed by atoms with van der Waals surface area (Å²) in [7, 11) is 2.17. The first-order valence-electron chi connectivity index (χ1n) is 7.20. The molecule has 20 heavy (non-hydrogen) atoms. The zero-order chi connectivity index (χ0) is 13.8. The molecule has 0 saturated carbocycles. The number of fused-ring (bicyclic) bond motifs is 1. The van der Waals surface area contributed by atoms with Crippen LogP contribution in [0.1, 0.15) is 22.7 Å². The van der Waals surface area contributed by atoms with E-state index in [9.17, 15) is 0 Å². The number of hydrogen-bond acceptors (Lipinski definition) is 3. The van der Waals surface area contributed by atoms with Crippen molar-refractivity contribution in [1.82, 2.24) is 15.2 Å². The van der Waals surface area contributed by atoms with Crippen molar-refractivity contribution in [3.63, 3.8) is 0 Å². The van der Waals surface area contributed by atoms with Crippen LogP contribution in [0.2, 0.25) is 0 Å². The number of pyridine rings is 1. The number of nitrogens with zero attached hydrogens (tertiary/aromatic N) is 2. The van der Waals surface area contributed by atoms with E-state index in [4.69, 9.17) is 0 Å². The second-order valence-electron chi connectivity index (χ2n) is 5.54. The highest BCUT2D eigenvalue weighted by molar-refractivity contribution is 5.32. The summed E-state index contributed by atoms with van der Waals surface area (Å²) in [4.78, 5) is 6.76. The largest absolute Gasteiger partial charge is 0.312 e. The zero-order valence-electron chi connectivity index (χ0n) is 11.9. The second kappa shape index (κ2) is 6.16. The monoisotopic (exact) mass is 267 g/mol. The molecule has 0 amide bonds. The van der Waals surface area contributed by atoms with Crippen LogP contribution in [-0.4, -0.2) is 30.0 Å². The summed E-state index contributed by atoms with van der Waals surface area (Å²) < 4.78 is 0. The Labute approximate surface area is 120 Å². The van der Waals surface area contributed by atoms with Crippen LogP contribution in [-0.2, 0) is 13.1 Å². The minimum absolute atomic E-state index is 0.564. The summed E-state index contributed by atoms with van der Waals surface area (Å²) in [6.07, 6.45) is 1.86. The van der Waals surface area contributed by atoms with Gasteiger partial charge in [0.1, 0.15) is 0 Å². The molecular weight excluding hydrogens is 246 g/mol. The summed E-state index contributed by atoms with van der Waals surface area (Å²) in [6.45, 7) is 4.01. The van der Waals surface area contributed by atoms with Gasteiger partial charge in [-0.1, -0.05) is 30.3 Å². The lowest BCUT2D eigenvalue weighted by molar-refractivity contribution is 0.290. The van der Waals surface area contributed by atoms with Gasteiger partial charge < -0.3 is 5.32 Å². The van der Waals surface area contributed by atoms with Gasteiger partial charge in [-0.25, -0.2) is 0 Å². The fraction of sp³-hybridized carbons (Fsp3) is 0.353. The zero-order valence-corrected chi connectivity index (χ0v) is 11.9. The lowest BCUT2D eigenvalue weighted by Crippen LogP contribution is -2.35. The lowest BCUT2D eigenvalue weighted by atomic mass is 9.90. The summed E-state index contributed by atoms with van der Waals surface area (Å²) in [5.74, 6) is 0.564. The second-order valence-corrected chi connectivity index (χ2v) is 5.54. The van der Waals surface area contributed by atoms with E-state index in [0.717, 1.165) is 31.9 Å². The van der Waals surface area contributed by atoms with E-state index in [1.165, 1.54) is 11.1 Å². The first-order chi connectivity index (χ1) is 9.83. The van der Waals surface area contributed by atoms with Crippen molar-refractivity contribution in [1.29, 1.82) is 0 Å². The van der Waals surface area contributed by atoms with E-state index in [1.807, 2.05) is 18.3 Å². The normalized spacial score (nSPS) is 18.0. The molecule has 2 heterocycles. The van der Waals surface area contributed by atoms with Gasteiger partial charge in [0.25, 0.3) is 0 Å². The molecule has 104 valence electrons. The maximum Gasteiger partial charge on any atom is 0.0543 e. The van der Waals surface area contributed by atoms with Crippen molar-refractivity contribution in [2.75, 3.05) is 20.1 Å². The Kier molecular flexibility index (Phi) is 4.09. The Hall–Kier alpha value is -1.71. The number of hydrogen-bond donors (Lipinski definition) is 1. The fourth-order valence-electron chi connectivity index (χ4n) is 2.96. The van der Waals surface area contributed by atoms with Gasteiger partial charge in [0.05, 0.1) is 5.69 Å². The van der Waals surface area contributed by atoms with Gasteiger partial charge in [0.15, 0.2) is 0 Å². The molecule has 3 nitrogen and oxygen atoms in total. The topological polar surface area (TPSA) is 28.2 Å². The molecule has 1 aromatic carbocycles. The molecule has 0 bridgehead atoms. The van der Waals surface area contributed by atoms with E-state index in [-0.39, 0.29) is 0 Å². The molecule has 0 spiro atoms. The summed E-state index contributed by atoms with van der Waals surface area (Å²) >= 11 is 0. The minimum Gasteiger partial charge on any atom is -0.312 e. The standard InChI is InChI=1S/C17H21N3/c1-20(13-16-7-4-5-9-19-16)12-15-11-18-10-14-6-2-3-8-17(14)15/h2-9,15,18H,10-13H2,1H3. The number of nitrogens with one attached hydrogen (secondary N) is 1. The van der Waals surface area contributed by atoms with Crippen molar-refractivity contribution in [3.05, 3.63) is 65.5 Å². The minimum atomic E-state index is 0.564. The third kappa shape index (κ3) is 3.06. The Morgan fingerprint density at radius 2 is 2.05 bits per heavy atom. The summed E-state index contributed by atoms with van der Waals surface area (Å²) in [5.41, 5.74) is 4.07. The molecule has 3 rings (SSSR count). The van der Waals surface area contributed by atoms with E-state index < -0.39 is 0 Å². The Morgan fingerprint density at radius 1 is 1.20 bits per heavy atom. The molecule has 0 fully saturated rings. The van der Waals surface area contributed by atoms with Gasteiger partial charge in [0.2, 0.25) is 0 Å². The van der Waals surface area contributed by atoms with Gasteiger partial charge in [-0.2, -0.15) is 0 Å². The number of aromatic nitrogens is 1. The first kappa shape index (κ1) is 13.3. The van der Waals surface area contributed by atoms with Gasteiger partial charge >= 0.3 is 0 Å². The average Bonchev–Trinajstić information content (AvgIpc) is 2.48. The third-order valence-electron chi connectivity index (χ3n) is 3.89. The quantitative estimate of drug-likeness (QED) is 0.922. The SMILES string of the molecule is CN(Cc1ccccn1)CC1CNCc2ccccc21. The lowest BCUT2D eigenvalue weighted by Gasteiger charge is -2.30. The Balaban J connectivity index is 1.66. The maximum atomic E-state index is 4.40.